The van der Waals surface area contributed by atoms with Gasteiger partial charge in [-0.25, -0.2) is 9.48 Å². The number of H-pyrrole nitrogens is 1. The van der Waals surface area contributed by atoms with Gasteiger partial charge in [0, 0.05) is 16.9 Å². The molecule has 0 saturated carbocycles. The lowest BCUT2D eigenvalue weighted by atomic mass is 10.2. The number of aryl methyl sites for hydroxylation is 2. The number of carbonyl (C=O) groups is 1. The molecule has 156 valence electrons. The van der Waals surface area contributed by atoms with Crippen molar-refractivity contribution in [2.24, 2.45) is 4.99 Å². The number of esters is 1. The van der Waals surface area contributed by atoms with Crippen molar-refractivity contribution in [1.82, 2.24) is 9.78 Å². The molecule has 0 aliphatic carbocycles. The summed E-state index contributed by atoms with van der Waals surface area (Å²) in [5.74, 6) is -0.347. The number of unbranched alkanes of at least 4 members (excludes halogenated alkanes) is 1. The van der Waals surface area contributed by atoms with Crippen LogP contribution in [-0.4, -0.2) is 28.6 Å². The van der Waals surface area contributed by atoms with Crippen LogP contribution in [0.5, 0.6) is 0 Å². The number of ether oxygens (including phenoxy) is 1. The topological polar surface area (TPSA) is 76.4 Å². The number of nitrogens with one attached hydrogen (secondary N) is 1. The predicted molar refractivity (Wildman–Crippen MR) is 120 cm³/mol. The Balaban J connectivity index is 1.78. The van der Waals surface area contributed by atoms with Crippen LogP contribution in [0, 0.1) is 13.8 Å². The molecule has 0 bridgehead atoms. The number of benzene rings is 2. The van der Waals surface area contributed by atoms with Crippen molar-refractivity contribution in [3.8, 4) is 5.69 Å². The number of aliphatic imine (C=N–C) groups is 1. The van der Waals surface area contributed by atoms with Crippen LogP contribution in [0.4, 0.5) is 5.69 Å². The lowest BCUT2D eigenvalue weighted by Crippen LogP contribution is -2.17. The van der Waals surface area contributed by atoms with Crippen LogP contribution < -0.4 is 5.56 Å². The molecule has 0 radical (unpaired) electrons. The Bertz CT molecular complexity index is 1130. The Morgan fingerprint density at radius 1 is 1.20 bits per heavy atom. The SMILES string of the molecule is CCCCOC(=O)c1ccc(N=Cc2c(C)[nH]n(-c3ccc(C)c(Cl)c3)c2=O)cc1. The van der Waals surface area contributed by atoms with Crippen molar-refractivity contribution in [2.45, 2.75) is 33.6 Å². The van der Waals surface area contributed by atoms with E-state index in [0.717, 1.165) is 18.4 Å². The fraction of sp³-hybridized carbons (Fsp3) is 0.261. The Morgan fingerprint density at radius 2 is 1.93 bits per heavy atom. The molecule has 0 aliphatic heterocycles. The summed E-state index contributed by atoms with van der Waals surface area (Å²) < 4.78 is 6.64. The van der Waals surface area contributed by atoms with Crippen LogP contribution in [0.3, 0.4) is 0 Å². The first kappa shape index (κ1) is 21.6. The number of carbonyl (C=O) groups excluding carboxylic acids is 1. The van der Waals surface area contributed by atoms with E-state index in [0.29, 0.717) is 39.8 Å². The Hall–Kier alpha value is -3.12. The summed E-state index contributed by atoms with van der Waals surface area (Å²) in [6, 6.07) is 12.2. The van der Waals surface area contributed by atoms with E-state index in [-0.39, 0.29) is 11.5 Å². The van der Waals surface area contributed by atoms with Crippen LogP contribution in [0.2, 0.25) is 5.02 Å². The Labute approximate surface area is 180 Å². The van der Waals surface area contributed by atoms with Gasteiger partial charge in [0.05, 0.1) is 29.1 Å². The van der Waals surface area contributed by atoms with Gasteiger partial charge in [-0.15, -0.1) is 0 Å². The fourth-order valence-electron chi connectivity index (χ4n) is 2.83. The van der Waals surface area contributed by atoms with Crippen molar-refractivity contribution in [2.75, 3.05) is 6.61 Å². The van der Waals surface area contributed by atoms with Crippen LogP contribution in [0.1, 0.15) is 46.9 Å². The van der Waals surface area contributed by atoms with Crippen LogP contribution >= 0.6 is 11.6 Å². The molecule has 0 fully saturated rings. The lowest BCUT2D eigenvalue weighted by Gasteiger charge is -2.04. The minimum atomic E-state index is -0.347. The van der Waals surface area contributed by atoms with E-state index in [4.69, 9.17) is 16.3 Å². The Kier molecular flexibility index (Phi) is 6.90. The first-order valence-electron chi connectivity index (χ1n) is 9.80. The summed E-state index contributed by atoms with van der Waals surface area (Å²) in [5, 5.41) is 3.65. The lowest BCUT2D eigenvalue weighted by molar-refractivity contribution is 0.0500. The molecule has 1 N–H and O–H groups in total. The Morgan fingerprint density at radius 3 is 2.60 bits per heavy atom. The van der Waals surface area contributed by atoms with Gasteiger partial charge < -0.3 is 4.74 Å². The summed E-state index contributed by atoms with van der Waals surface area (Å²) >= 11 is 6.19. The number of hydrogen-bond acceptors (Lipinski definition) is 4. The van der Waals surface area contributed by atoms with Crippen LogP contribution in [0.25, 0.3) is 5.69 Å². The van der Waals surface area contributed by atoms with Crippen molar-refractivity contribution in [1.29, 1.82) is 0 Å². The summed E-state index contributed by atoms with van der Waals surface area (Å²) in [4.78, 5) is 29.2. The van der Waals surface area contributed by atoms with Gasteiger partial charge >= 0.3 is 5.97 Å². The van der Waals surface area contributed by atoms with E-state index in [9.17, 15) is 9.59 Å². The molecule has 2 aromatic carbocycles. The highest BCUT2D eigenvalue weighted by molar-refractivity contribution is 6.31. The van der Waals surface area contributed by atoms with E-state index < -0.39 is 0 Å². The standard InChI is InChI=1S/C23H24ClN3O3/c1-4-5-12-30-23(29)17-7-9-18(10-8-17)25-14-20-16(3)26-27(22(20)28)19-11-6-15(2)21(24)13-19/h6-11,13-14,26H,4-5,12H2,1-3H3. The van der Waals surface area contributed by atoms with Gasteiger partial charge in [-0.2, -0.15) is 0 Å². The van der Waals surface area contributed by atoms with Crippen molar-refractivity contribution < 1.29 is 9.53 Å². The highest BCUT2D eigenvalue weighted by atomic mass is 35.5. The zero-order valence-corrected chi connectivity index (χ0v) is 18.0. The monoisotopic (exact) mass is 425 g/mol. The number of rotatable bonds is 7. The molecule has 3 rings (SSSR count). The number of halogens is 1. The van der Waals surface area contributed by atoms with Crippen molar-refractivity contribution >= 4 is 29.5 Å². The molecular formula is C23H24ClN3O3. The average Bonchev–Trinajstić information content (AvgIpc) is 3.02. The van der Waals surface area contributed by atoms with Crippen LogP contribution in [0.15, 0.2) is 52.3 Å². The maximum atomic E-state index is 12.8. The average molecular weight is 426 g/mol. The van der Waals surface area contributed by atoms with Gasteiger partial charge in [0.25, 0.3) is 5.56 Å². The van der Waals surface area contributed by atoms with Gasteiger partial charge in [-0.05, 0) is 62.2 Å². The third kappa shape index (κ3) is 4.89. The number of aromatic amines is 1. The van der Waals surface area contributed by atoms with E-state index in [1.54, 1.807) is 30.3 Å². The van der Waals surface area contributed by atoms with Gasteiger partial charge in [-0.3, -0.25) is 14.9 Å². The molecule has 1 aromatic heterocycles. The molecule has 0 saturated heterocycles. The quantitative estimate of drug-likeness (QED) is 0.323. The van der Waals surface area contributed by atoms with E-state index in [2.05, 4.69) is 10.1 Å². The minimum absolute atomic E-state index is 0.215. The predicted octanol–water partition coefficient (Wildman–Crippen LogP) is 5.14. The highest BCUT2D eigenvalue weighted by Gasteiger charge is 2.12. The van der Waals surface area contributed by atoms with Crippen LogP contribution in [-0.2, 0) is 4.74 Å². The molecule has 1 heterocycles. The molecule has 30 heavy (non-hydrogen) atoms. The van der Waals surface area contributed by atoms with Gasteiger partial charge in [0.2, 0.25) is 0 Å². The second-order valence-electron chi connectivity index (χ2n) is 7.02. The summed E-state index contributed by atoms with van der Waals surface area (Å²) in [6.07, 6.45) is 3.34. The maximum Gasteiger partial charge on any atom is 0.338 e. The van der Waals surface area contributed by atoms with Gasteiger partial charge in [-0.1, -0.05) is 31.0 Å². The second-order valence-corrected chi connectivity index (χ2v) is 7.43. The van der Waals surface area contributed by atoms with Crippen molar-refractivity contribution in [3.05, 3.63) is 80.2 Å². The highest BCUT2D eigenvalue weighted by Crippen LogP contribution is 2.19. The zero-order chi connectivity index (χ0) is 21.7. The second kappa shape index (κ2) is 9.59. The van der Waals surface area contributed by atoms with E-state index in [1.165, 1.54) is 10.9 Å². The normalized spacial score (nSPS) is 11.2. The van der Waals surface area contributed by atoms with Gasteiger partial charge in [0.1, 0.15) is 0 Å². The molecule has 7 heteroatoms. The smallest absolute Gasteiger partial charge is 0.338 e. The number of nitrogens with zero attached hydrogens (tertiary/aromatic N) is 2. The third-order valence-electron chi connectivity index (χ3n) is 4.71. The maximum absolute atomic E-state index is 12.8. The van der Waals surface area contributed by atoms with E-state index in [1.807, 2.05) is 32.9 Å². The largest absolute Gasteiger partial charge is 0.462 e. The first-order valence-corrected chi connectivity index (χ1v) is 10.2. The van der Waals surface area contributed by atoms with Crippen molar-refractivity contribution in [3.63, 3.8) is 0 Å². The summed E-state index contributed by atoms with van der Waals surface area (Å²) in [7, 11) is 0. The van der Waals surface area contributed by atoms with Gasteiger partial charge in [0.15, 0.2) is 0 Å². The molecule has 0 aliphatic rings. The molecule has 3 aromatic rings. The third-order valence-corrected chi connectivity index (χ3v) is 5.11. The molecule has 0 unspecified atom stereocenters. The summed E-state index contributed by atoms with van der Waals surface area (Å²) in [5.41, 5.74) is 3.63. The number of aromatic nitrogens is 2. The number of hydrogen-bond donors (Lipinski definition) is 1. The molecule has 6 nitrogen and oxygen atoms in total. The van der Waals surface area contributed by atoms with E-state index >= 15 is 0 Å². The molecule has 0 atom stereocenters. The molecule has 0 spiro atoms. The molecule has 0 amide bonds. The zero-order valence-electron chi connectivity index (χ0n) is 17.2. The minimum Gasteiger partial charge on any atom is -0.462 e. The first-order chi connectivity index (χ1) is 14.4. The summed E-state index contributed by atoms with van der Waals surface area (Å²) in [6.45, 7) is 6.17. The molecular weight excluding hydrogens is 402 g/mol. The fourth-order valence-corrected chi connectivity index (χ4v) is 3.00.